The zero-order valence-electron chi connectivity index (χ0n) is 9.43. The molecule has 1 saturated heterocycles. The van der Waals surface area contributed by atoms with E-state index in [9.17, 15) is 5.11 Å². The summed E-state index contributed by atoms with van der Waals surface area (Å²) in [5, 5.41) is 16.6. The molecular formula is C11H19N3O2. The fourth-order valence-corrected chi connectivity index (χ4v) is 2.02. The van der Waals surface area contributed by atoms with Crippen LogP contribution in [-0.4, -0.2) is 47.4 Å². The highest BCUT2D eigenvalue weighted by atomic mass is 16.5. The van der Waals surface area contributed by atoms with E-state index in [2.05, 4.69) is 15.4 Å². The second-order valence-corrected chi connectivity index (χ2v) is 4.27. The van der Waals surface area contributed by atoms with Crippen molar-refractivity contribution in [3.05, 3.63) is 18.0 Å². The van der Waals surface area contributed by atoms with Gasteiger partial charge < -0.3 is 19.8 Å². The molecular weight excluding hydrogens is 206 g/mol. The molecule has 90 valence electrons. The third-order valence-corrected chi connectivity index (χ3v) is 2.84. The first-order valence-corrected chi connectivity index (χ1v) is 5.85. The quantitative estimate of drug-likeness (QED) is 0.725. The molecule has 0 saturated carbocycles. The molecule has 5 heteroatoms. The second-order valence-electron chi connectivity index (χ2n) is 4.27. The topological polar surface area (TPSA) is 61.5 Å². The summed E-state index contributed by atoms with van der Waals surface area (Å²) in [6, 6.07) is 1.82. The fraction of sp³-hybridized carbons (Fsp3) is 0.727. The van der Waals surface area contributed by atoms with Crippen LogP contribution >= 0.6 is 0 Å². The lowest BCUT2D eigenvalue weighted by Gasteiger charge is -2.19. The van der Waals surface area contributed by atoms with E-state index in [0.717, 1.165) is 25.4 Å². The second kappa shape index (κ2) is 5.98. The molecule has 1 fully saturated rings. The van der Waals surface area contributed by atoms with Crippen molar-refractivity contribution >= 4 is 0 Å². The standard InChI is InChI=1S/C11H19N3O2/c15-10(9-14-5-1-2-6-14)7-12-8-11-3-4-13-16-11/h3-4,10,12,15H,1-2,5-9H2. The monoisotopic (exact) mass is 225 g/mol. The zero-order chi connectivity index (χ0) is 11.2. The summed E-state index contributed by atoms with van der Waals surface area (Å²) in [5.74, 6) is 0.799. The van der Waals surface area contributed by atoms with E-state index < -0.39 is 0 Å². The predicted octanol–water partition coefficient (Wildman–Crippen LogP) is 0.221. The molecule has 0 amide bonds. The molecule has 0 aromatic carbocycles. The Bertz CT molecular complexity index is 283. The SMILES string of the molecule is OC(CNCc1ccno1)CN1CCCC1. The minimum Gasteiger partial charge on any atom is -0.390 e. The van der Waals surface area contributed by atoms with Crippen LogP contribution in [-0.2, 0) is 6.54 Å². The minimum absolute atomic E-state index is 0.305. The predicted molar refractivity (Wildman–Crippen MR) is 59.9 cm³/mol. The van der Waals surface area contributed by atoms with Crippen LogP contribution in [0.25, 0.3) is 0 Å². The van der Waals surface area contributed by atoms with Gasteiger partial charge in [-0.25, -0.2) is 0 Å². The third kappa shape index (κ3) is 3.59. The summed E-state index contributed by atoms with van der Waals surface area (Å²) >= 11 is 0. The maximum Gasteiger partial charge on any atom is 0.150 e. The third-order valence-electron chi connectivity index (χ3n) is 2.84. The van der Waals surface area contributed by atoms with E-state index in [4.69, 9.17) is 4.52 Å². The van der Waals surface area contributed by atoms with Crippen molar-refractivity contribution in [3.8, 4) is 0 Å². The average Bonchev–Trinajstić information content (AvgIpc) is 2.90. The van der Waals surface area contributed by atoms with E-state index in [1.165, 1.54) is 12.8 Å². The smallest absolute Gasteiger partial charge is 0.150 e. The molecule has 1 unspecified atom stereocenters. The highest BCUT2D eigenvalue weighted by molar-refractivity contribution is 4.91. The van der Waals surface area contributed by atoms with Crippen LogP contribution < -0.4 is 5.32 Å². The minimum atomic E-state index is -0.305. The molecule has 2 rings (SSSR count). The van der Waals surface area contributed by atoms with Crippen LogP contribution in [0.1, 0.15) is 18.6 Å². The van der Waals surface area contributed by atoms with Crippen molar-refractivity contribution in [1.29, 1.82) is 0 Å². The van der Waals surface area contributed by atoms with E-state index >= 15 is 0 Å². The van der Waals surface area contributed by atoms with Crippen molar-refractivity contribution in [2.45, 2.75) is 25.5 Å². The summed E-state index contributed by atoms with van der Waals surface area (Å²) in [7, 11) is 0. The largest absolute Gasteiger partial charge is 0.390 e. The molecule has 2 N–H and O–H groups in total. The van der Waals surface area contributed by atoms with E-state index in [1.54, 1.807) is 6.20 Å². The van der Waals surface area contributed by atoms with Crippen molar-refractivity contribution in [2.75, 3.05) is 26.2 Å². The van der Waals surface area contributed by atoms with Crippen molar-refractivity contribution in [2.24, 2.45) is 0 Å². The van der Waals surface area contributed by atoms with Gasteiger partial charge in [-0.2, -0.15) is 0 Å². The van der Waals surface area contributed by atoms with Gasteiger partial charge in [0.05, 0.1) is 18.8 Å². The Balaban J connectivity index is 1.58. The Morgan fingerprint density at radius 2 is 2.31 bits per heavy atom. The molecule has 1 aromatic heterocycles. The molecule has 0 radical (unpaired) electrons. The van der Waals surface area contributed by atoms with Crippen LogP contribution in [0.3, 0.4) is 0 Å². The molecule has 0 aliphatic carbocycles. The van der Waals surface area contributed by atoms with Gasteiger partial charge in [-0.3, -0.25) is 0 Å². The van der Waals surface area contributed by atoms with Crippen LogP contribution in [0.5, 0.6) is 0 Å². The number of hydrogen-bond donors (Lipinski definition) is 2. The normalized spacial score (nSPS) is 19.1. The summed E-state index contributed by atoms with van der Waals surface area (Å²) in [6.07, 6.45) is 3.84. The molecule has 0 bridgehead atoms. The van der Waals surface area contributed by atoms with Crippen LogP contribution in [0.2, 0.25) is 0 Å². The molecule has 1 aliphatic heterocycles. The van der Waals surface area contributed by atoms with E-state index in [-0.39, 0.29) is 6.10 Å². The Kier molecular flexibility index (Phi) is 4.33. The van der Waals surface area contributed by atoms with Gasteiger partial charge in [-0.05, 0) is 25.9 Å². The first-order valence-electron chi connectivity index (χ1n) is 5.85. The number of nitrogens with one attached hydrogen (secondary N) is 1. The van der Waals surface area contributed by atoms with Gasteiger partial charge in [-0.1, -0.05) is 5.16 Å². The zero-order valence-corrected chi connectivity index (χ0v) is 9.43. The highest BCUT2D eigenvalue weighted by Gasteiger charge is 2.15. The van der Waals surface area contributed by atoms with Crippen LogP contribution in [0.4, 0.5) is 0 Å². The highest BCUT2D eigenvalue weighted by Crippen LogP contribution is 2.07. The maximum atomic E-state index is 9.79. The summed E-state index contributed by atoms with van der Waals surface area (Å²) in [6.45, 7) is 4.23. The molecule has 0 spiro atoms. The molecule has 16 heavy (non-hydrogen) atoms. The summed E-state index contributed by atoms with van der Waals surface area (Å²) in [5.41, 5.74) is 0. The number of β-amino-alcohol motifs (C(OH)–C–C–N with tert-alkyl or cyclic N) is 1. The number of likely N-dealkylation sites (tertiary alicyclic amines) is 1. The Morgan fingerprint density at radius 1 is 1.50 bits per heavy atom. The molecule has 1 atom stereocenters. The number of aromatic nitrogens is 1. The van der Waals surface area contributed by atoms with Crippen molar-refractivity contribution < 1.29 is 9.63 Å². The molecule has 1 aliphatic rings. The van der Waals surface area contributed by atoms with Gasteiger partial charge in [0.15, 0.2) is 0 Å². The lowest BCUT2D eigenvalue weighted by Crippen LogP contribution is -2.36. The average molecular weight is 225 g/mol. The van der Waals surface area contributed by atoms with Crippen LogP contribution in [0, 0.1) is 0 Å². The Labute approximate surface area is 95.4 Å². The first-order chi connectivity index (χ1) is 7.84. The van der Waals surface area contributed by atoms with Gasteiger partial charge in [0.2, 0.25) is 0 Å². The van der Waals surface area contributed by atoms with Gasteiger partial charge in [0.1, 0.15) is 5.76 Å². The van der Waals surface area contributed by atoms with Crippen LogP contribution in [0.15, 0.2) is 16.8 Å². The van der Waals surface area contributed by atoms with E-state index in [0.29, 0.717) is 13.1 Å². The summed E-state index contributed by atoms with van der Waals surface area (Å²) in [4.78, 5) is 2.31. The lowest BCUT2D eigenvalue weighted by atomic mass is 10.3. The van der Waals surface area contributed by atoms with Gasteiger partial charge >= 0.3 is 0 Å². The molecule has 5 nitrogen and oxygen atoms in total. The van der Waals surface area contributed by atoms with Gasteiger partial charge in [0.25, 0.3) is 0 Å². The lowest BCUT2D eigenvalue weighted by molar-refractivity contribution is 0.122. The molecule has 2 heterocycles. The molecule has 1 aromatic rings. The first kappa shape index (κ1) is 11.6. The van der Waals surface area contributed by atoms with E-state index in [1.807, 2.05) is 6.07 Å². The van der Waals surface area contributed by atoms with Gasteiger partial charge in [-0.15, -0.1) is 0 Å². The Hall–Kier alpha value is -0.910. The Morgan fingerprint density at radius 3 is 3.00 bits per heavy atom. The number of aliphatic hydroxyl groups is 1. The number of hydrogen-bond acceptors (Lipinski definition) is 5. The number of rotatable bonds is 6. The fourth-order valence-electron chi connectivity index (χ4n) is 2.02. The van der Waals surface area contributed by atoms with Crippen molar-refractivity contribution in [3.63, 3.8) is 0 Å². The maximum absolute atomic E-state index is 9.79. The summed E-state index contributed by atoms with van der Waals surface area (Å²) < 4.78 is 4.94. The number of aliphatic hydroxyl groups excluding tert-OH is 1. The van der Waals surface area contributed by atoms with Crippen molar-refractivity contribution in [1.82, 2.24) is 15.4 Å². The van der Waals surface area contributed by atoms with Gasteiger partial charge in [0, 0.05) is 19.2 Å². The number of nitrogens with zero attached hydrogens (tertiary/aromatic N) is 2.